The zero-order valence-corrected chi connectivity index (χ0v) is 16.5. The van der Waals surface area contributed by atoms with Gasteiger partial charge >= 0.3 is 0 Å². The first-order valence-electron chi connectivity index (χ1n) is 9.75. The van der Waals surface area contributed by atoms with Gasteiger partial charge in [0.05, 0.1) is 11.3 Å². The molecule has 0 aliphatic heterocycles. The number of hydrogen-bond donors (Lipinski definition) is 1. The molecule has 9 heteroatoms. The predicted molar refractivity (Wildman–Crippen MR) is 103 cm³/mol. The van der Waals surface area contributed by atoms with Crippen molar-refractivity contribution in [1.29, 1.82) is 0 Å². The summed E-state index contributed by atoms with van der Waals surface area (Å²) >= 11 is 0. The van der Waals surface area contributed by atoms with Gasteiger partial charge in [-0.1, -0.05) is 6.92 Å². The summed E-state index contributed by atoms with van der Waals surface area (Å²) in [5.74, 6) is 2.13. The number of nitrogens with one attached hydrogen (secondary N) is 1. The quantitative estimate of drug-likeness (QED) is 0.670. The summed E-state index contributed by atoms with van der Waals surface area (Å²) in [6.07, 6.45) is 8.25. The Labute approximate surface area is 163 Å². The van der Waals surface area contributed by atoms with E-state index >= 15 is 0 Å². The number of amides is 1. The highest BCUT2D eigenvalue weighted by atomic mass is 16.1. The Balaban J connectivity index is 1.33. The summed E-state index contributed by atoms with van der Waals surface area (Å²) in [6, 6.07) is 2.06. The maximum Gasteiger partial charge on any atom is 0.254 e. The molecule has 0 spiro atoms. The molecule has 4 rings (SSSR count). The highest BCUT2D eigenvalue weighted by Crippen LogP contribution is 2.36. The second-order valence-corrected chi connectivity index (χ2v) is 7.47. The number of rotatable bonds is 7. The van der Waals surface area contributed by atoms with Gasteiger partial charge in [-0.05, 0) is 32.3 Å². The van der Waals surface area contributed by atoms with Crippen LogP contribution in [0.25, 0.3) is 0 Å². The molecule has 28 heavy (non-hydrogen) atoms. The molecule has 1 aliphatic rings. The highest BCUT2D eigenvalue weighted by molar-refractivity contribution is 5.95. The van der Waals surface area contributed by atoms with Crippen molar-refractivity contribution in [2.75, 3.05) is 0 Å². The van der Waals surface area contributed by atoms with Crippen molar-refractivity contribution in [3.63, 3.8) is 0 Å². The summed E-state index contributed by atoms with van der Waals surface area (Å²) < 4.78 is 5.72. The lowest BCUT2D eigenvalue weighted by molar-refractivity contribution is 0.0906. The van der Waals surface area contributed by atoms with Crippen LogP contribution < -0.4 is 5.32 Å². The van der Waals surface area contributed by atoms with Crippen LogP contribution in [0.1, 0.15) is 59.8 Å². The van der Waals surface area contributed by atoms with E-state index in [0.717, 1.165) is 43.1 Å². The van der Waals surface area contributed by atoms with Crippen molar-refractivity contribution in [2.45, 2.75) is 58.2 Å². The molecule has 0 saturated heterocycles. The summed E-state index contributed by atoms with van der Waals surface area (Å²) in [6.45, 7) is 5.40. The molecular formula is C19H26N8O. The molecule has 148 valence electrons. The van der Waals surface area contributed by atoms with Crippen LogP contribution in [0.4, 0.5) is 0 Å². The number of nitrogens with zero attached hydrogens (tertiary/aromatic N) is 7. The van der Waals surface area contributed by atoms with Crippen LogP contribution in [0.3, 0.4) is 0 Å². The van der Waals surface area contributed by atoms with Crippen molar-refractivity contribution >= 4 is 5.91 Å². The second-order valence-electron chi connectivity index (χ2n) is 7.47. The van der Waals surface area contributed by atoms with Crippen molar-refractivity contribution in [1.82, 2.24) is 39.6 Å². The number of carbonyl (C=O) groups is 1. The Hall–Kier alpha value is -2.97. The first-order chi connectivity index (χ1) is 13.5. The van der Waals surface area contributed by atoms with Crippen LogP contribution in [-0.4, -0.2) is 46.3 Å². The maximum atomic E-state index is 12.6. The van der Waals surface area contributed by atoms with Gasteiger partial charge in [0, 0.05) is 44.1 Å². The SMILES string of the molecule is CCCn1cc(C(=O)NC2CC(c3nnc(Cn4cccn4)n3C)C2)c(C)n1. The van der Waals surface area contributed by atoms with Crippen molar-refractivity contribution in [2.24, 2.45) is 7.05 Å². The normalized spacial score (nSPS) is 18.8. The summed E-state index contributed by atoms with van der Waals surface area (Å²) in [5.41, 5.74) is 1.44. The van der Waals surface area contributed by atoms with Gasteiger partial charge in [0.1, 0.15) is 12.4 Å². The molecule has 0 atom stereocenters. The number of hydrogen-bond acceptors (Lipinski definition) is 5. The minimum atomic E-state index is -0.0411. The monoisotopic (exact) mass is 382 g/mol. The van der Waals surface area contributed by atoms with Crippen LogP contribution in [0.5, 0.6) is 0 Å². The van der Waals surface area contributed by atoms with Gasteiger partial charge in [0.15, 0.2) is 5.82 Å². The summed E-state index contributed by atoms with van der Waals surface area (Å²) in [4.78, 5) is 12.6. The largest absolute Gasteiger partial charge is 0.349 e. The molecule has 0 radical (unpaired) electrons. The zero-order chi connectivity index (χ0) is 19.7. The number of aromatic nitrogens is 7. The van der Waals surface area contributed by atoms with Crippen molar-refractivity contribution in [3.05, 3.63) is 47.6 Å². The Morgan fingerprint density at radius 3 is 2.82 bits per heavy atom. The topological polar surface area (TPSA) is 95.5 Å². The lowest BCUT2D eigenvalue weighted by atomic mass is 9.79. The molecule has 1 saturated carbocycles. The molecule has 3 aromatic heterocycles. The molecule has 3 heterocycles. The van der Waals surface area contributed by atoms with Gasteiger partial charge in [0.25, 0.3) is 5.91 Å². The van der Waals surface area contributed by atoms with E-state index in [-0.39, 0.29) is 11.9 Å². The van der Waals surface area contributed by atoms with Gasteiger partial charge in [0.2, 0.25) is 0 Å². The van der Waals surface area contributed by atoms with Crippen molar-refractivity contribution in [3.8, 4) is 0 Å². The summed E-state index contributed by atoms with van der Waals surface area (Å²) in [7, 11) is 1.99. The van der Waals surface area contributed by atoms with Gasteiger partial charge in [-0.25, -0.2) is 0 Å². The van der Waals surface area contributed by atoms with Crippen LogP contribution in [0.15, 0.2) is 24.7 Å². The molecule has 1 N–H and O–H groups in total. The Morgan fingerprint density at radius 1 is 1.29 bits per heavy atom. The fraction of sp³-hybridized carbons (Fsp3) is 0.526. The van der Waals surface area contributed by atoms with Gasteiger partial charge < -0.3 is 9.88 Å². The smallest absolute Gasteiger partial charge is 0.254 e. The lowest BCUT2D eigenvalue weighted by Gasteiger charge is -2.35. The third kappa shape index (κ3) is 3.56. The zero-order valence-electron chi connectivity index (χ0n) is 16.5. The van der Waals surface area contributed by atoms with Crippen LogP contribution >= 0.6 is 0 Å². The molecular weight excluding hydrogens is 356 g/mol. The fourth-order valence-corrected chi connectivity index (χ4v) is 3.70. The van der Waals surface area contributed by atoms with E-state index in [1.165, 1.54) is 0 Å². The fourth-order valence-electron chi connectivity index (χ4n) is 3.70. The molecule has 3 aromatic rings. The van der Waals surface area contributed by atoms with Crippen LogP contribution in [0.2, 0.25) is 0 Å². The average Bonchev–Trinajstić information content (AvgIpc) is 3.34. The maximum absolute atomic E-state index is 12.6. The summed E-state index contributed by atoms with van der Waals surface area (Å²) in [5, 5.41) is 20.4. The van der Waals surface area contributed by atoms with Crippen LogP contribution in [-0.2, 0) is 20.1 Å². The van der Waals surface area contributed by atoms with E-state index in [9.17, 15) is 4.79 Å². The molecule has 0 unspecified atom stereocenters. The standard InChI is InChI=1S/C19H26N8O/c1-4-7-27-11-16(13(2)24-27)19(28)21-15-9-14(10-15)18-23-22-17(25(18)3)12-26-8-5-6-20-26/h5-6,8,11,14-15H,4,7,9-10,12H2,1-3H3,(H,21,28). The molecule has 1 aliphatic carbocycles. The molecule has 9 nitrogen and oxygen atoms in total. The van der Waals surface area contributed by atoms with Crippen LogP contribution in [0, 0.1) is 6.92 Å². The van der Waals surface area contributed by atoms with Gasteiger partial charge in [-0.2, -0.15) is 10.2 Å². The number of aryl methyl sites for hydroxylation is 2. The van der Waals surface area contributed by atoms with E-state index in [4.69, 9.17) is 0 Å². The predicted octanol–water partition coefficient (Wildman–Crippen LogP) is 1.65. The van der Waals surface area contributed by atoms with E-state index < -0.39 is 0 Å². The number of carbonyl (C=O) groups excluding carboxylic acids is 1. The minimum absolute atomic E-state index is 0.0411. The van der Waals surface area contributed by atoms with Crippen molar-refractivity contribution < 1.29 is 4.79 Å². The third-order valence-electron chi connectivity index (χ3n) is 5.34. The first-order valence-corrected chi connectivity index (χ1v) is 9.75. The molecule has 1 fully saturated rings. The minimum Gasteiger partial charge on any atom is -0.349 e. The molecule has 1 amide bonds. The molecule has 0 aromatic carbocycles. The molecule has 0 bridgehead atoms. The van der Waals surface area contributed by atoms with Gasteiger partial charge in [-0.3, -0.25) is 14.2 Å². The Morgan fingerprint density at radius 2 is 2.11 bits per heavy atom. The van der Waals surface area contributed by atoms with E-state index in [1.54, 1.807) is 6.20 Å². The highest BCUT2D eigenvalue weighted by Gasteiger charge is 2.35. The first kappa shape index (κ1) is 18.4. The average molecular weight is 382 g/mol. The Kier molecular flexibility index (Phi) is 4.97. The van der Waals surface area contributed by atoms with E-state index in [2.05, 4.69) is 32.6 Å². The van der Waals surface area contributed by atoms with Gasteiger partial charge in [-0.15, -0.1) is 10.2 Å². The van der Waals surface area contributed by atoms with E-state index in [0.29, 0.717) is 18.0 Å². The lowest BCUT2D eigenvalue weighted by Crippen LogP contribution is -2.44. The third-order valence-corrected chi connectivity index (χ3v) is 5.34. The second kappa shape index (κ2) is 7.57. The Bertz CT molecular complexity index is 949. The van der Waals surface area contributed by atoms with E-state index in [1.807, 2.05) is 46.4 Å².